The molecule has 0 bridgehead atoms. The van der Waals surface area contributed by atoms with Crippen LogP contribution < -0.4 is 15.9 Å². The number of nitrogens with one attached hydrogen (secondary N) is 1. The summed E-state index contributed by atoms with van der Waals surface area (Å²) in [5.74, 6) is 7.63. The second-order valence-electron chi connectivity index (χ2n) is 6.16. The molecule has 0 saturated heterocycles. The smallest absolute Gasteiger partial charge is 0.230 e. The highest BCUT2D eigenvalue weighted by Gasteiger charge is 2.14. The Labute approximate surface area is 158 Å². The summed E-state index contributed by atoms with van der Waals surface area (Å²) in [5.41, 5.74) is 0.835. The number of hydrogen-bond donors (Lipinski definition) is 2. The normalized spacial score (nSPS) is 12.0. The summed E-state index contributed by atoms with van der Waals surface area (Å²) in [4.78, 5) is 12.1. The quantitative estimate of drug-likeness (QED) is 0.376. The number of thioether (sulfide) groups is 1. The van der Waals surface area contributed by atoms with Crippen LogP contribution in [0.2, 0.25) is 0 Å². The van der Waals surface area contributed by atoms with Crippen molar-refractivity contribution in [1.29, 1.82) is 0 Å². The molecule has 0 spiro atoms. The molecule has 7 nitrogen and oxygen atoms in total. The highest BCUT2D eigenvalue weighted by Crippen LogP contribution is 2.23. The molecule has 1 aromatic heterocycles. The summed E-state index contributed by atoms with van der Waals surface area (Å²) in [6.07, 6.45) is 4.50. The van der Waals surface area contributed by atoms with Crippen molar-refractivity contribution in [3.05, 3.63) is 24.3 Å². The number of nitrogens with zero attached hydrogens (tertiary/aromatic N) is 3. The zero-order valence-corrected chi connectivity index (χ0v) is 16.4. The molecule has 142 valence electrons. The summed E-state index contributed by atoms with van der Waals surface area (Å²) in [6.45, 7) is 4.20. The molecular formula is C18H27N5O2S. The number of methoxy groups -OCH3 is 1. The highest BCUT2D eigenvalue weighted by molar-refractivity contribution is 7.99. The molecule has 0 fully saturated rings. The molecule has 2 aromatic rings. The van der Waals surface area contributed by atoms with Gasteiger partial charge in [0, 0.05) is 11.6 Å². The van der Waals surface area contributed by atoms with Crippen molar-refractivity contribution in [3.8, 4) is 17.1 Å². The van der Waals surface area contributed by atoms with Crippen LogP contribution in [0.1, 0.15) is 39.5 Å². The highest BCUT2D eigenvalue weighted by atomic mass is 32.2. The SMILES string of the molecule is CCCCC[C@H](C)NC(=O)CSc1nnc(-c2ccc(OC)cc2)n1N. The molecular weight excluding hydrogens is 350 g/mol. The van der Waals surface area contributed by atoms with Gasteiger partial charge in [0.05, 0.1) is 12.9 Å². The Kier molecular flexibility index (Phi) is 7.77. The average Bonchev–Trinajstić information content (AvgIpc) is 3.01. The van der Waals surface area contributed by atoms with Crippen LogP contribution in [0, 0.1) is 0 Å². The molecule has 0 aliphatic carbocycles. The summed E-state index contributed by atoms with van der Waals surface area (Å²) < 4.78 is 6.55. The molecule has 0 radical (unpaired) electrons. The van der Waals surface area contributed by atoms with Crippen LogP contribution in [0.15, 0.2) is 29.4 Å². The molecule has 0 unspecified atom stereocenters. The number of rotatable bonds is 10. The minimum atomic E-state index is -0.0204. The van der Waals surface area contributed by atoms with Crippen LogP contribution in [-0.2, 0) is 4.79 Å². The maximum Gasteiger partial charge on any atom is 0.230 e. The maximum atomic E-state index is 12.1. The minimum absolute atomic E-state index is 0.0204. The fourth-order valence-electron chi connectivity index (χ4n) is 2.53. The third-order valence-corrected chi connectivity index (χ3v) is 4.94. The second-order valence-corrected chi connectivity index (χ2v) is 7.10. The Hall–Kier alpha value is -2.22. The lowest BCUT2D eigenvalue weighted by molar-refractivity contribution is -0.119. The maximum absolute atomic E-state index is 12.1. The van der Waals surface area contributed by atoms with Gasteiger partial charge in [0.15, 0.2) is 5.82 Å². The fraction of sp³-hybridized carbons (Fsp3) is 0.500. The Morgan fingerprint density at radius 3 is 2.69 bits per heavy atom. The van der Waals surface area contributed by atoms with E-state index in [1.54, 1.807) is 7.11 Å². The molecule has 3 N–H and O–H groups in total. The Morgan fingerprint density at radius 1 is 1.31 bits per heavy atom. The van der Waals surface area contributed by atoms with E-state index in [0.29, 0.717) is 11.0 Å². The molecule has 1 atom stereocenters. The number of aromatic nitrogens is 3. The number of unbranched alkanes of at least 4 members (excludes halogenated alkanes) is 2. The van der Waals surface area contributed by atoms with Gasteiger partial charge in [-0.3, -0.25) is 4.79 Å². The third-order valence-electron chi connectivity index (χ3n) is 3.99. The third kappa shape index (κ3) is 5.66. The number of carbonyl (C=O) groups is 1. The van der Waals surface area contributed by atoms with E-state index < -0.39 is 0 Å². The van der Waals surface area contributed by atoms with E-state index in [-0.39, 0.29) is 17.7 Å². The Balaban J connectivity index is 1.88. The topological polar surface area (TPSA) is 95.1 Å². The fourth-order valence-corrected chi connectivity index (χ4v) is 3.20. The zero-order chi connectivity index (χ0) is 18.9. The molecule has 1 aromatic carbocycles. The molecule has 0 saturated carbocycles. The number of ether oxygens (including phenoxy) is 1. The predicted octanol–water partition coefficient (Wildman–Crippen LogP) is 2.84. The lowest BCUT2D eigenvalue weighted by Gasteiger charge is -2.13. The molecule has 0 aliphatic rings. The van der Waals surface area contributed by atoms with E-state index >= 15 is 0 Å². The minimum Gasteiger partial charge on any atom is -0.497 e. The van der Waals surface area contributed by atoms with E-state index in [1.807, 2.05) is 31.2 Å². The predicted molar refractivity (Wildman–Crippen MR) is 105 cm³/mol. The summed E-state index contributed by atoms with van der Waals surface area (Å²) in [6, 6.07) is 7.59. The van der Waals surface area contributed by atoms with Crippen LogP contribution in [0.4, 0.5) is 0 Å². The van der Waals surface area contributed by atoms with Crippen molar-refractivity contribution in [2.24, 2.45) is 0 Å². The van der Waals surface area contributed by atoms with Gasteiger partial charge in [-0.05, 0) is 37.6 Å². The van der Waals surface area contributed by atoms with Gasteiger partial charge in [-0.1, -0.05) is 37.9 Å². The largest absolute Gasteiger partial charge is 0.497 e. The molecule has 0 aliphatic heterocycles. The zero-order valence-electron chi connectivity index (χ0n) is 15.6. The van der Waals surface area contributed by atoms with Crippen LogP contribution in [0.25, 0.3) is 11.4 Å². The lowest BCUT2D eigenvalue weighted by Crippen LogP contribution is -2.33. The van der Waals surface area contributed by atoms with Gasteiger partial charge >= 0.3 is 0 Å². The monoisotopic (exact) mass is 377 g/mol. The molecule has 26 heavy (non-hydrogen) atoms. The first kappa shape index (κ1) is 20.1. The van der Waals surface area contributed by atoms with Gasteiger partial charge in [0.25, 0.3) is 0 Å². The molecule has 1 heterocycles. The number of nitrogens with two attached hydrogens (primary N) is 1. The van der Waals surface area contributed by atoms with Crippen molar-refractivity contribution in [3.63, 3.8) is 0 Å². The van der Waals surface area contributed by atoms with E-state index in [0.717, 1.165) is 24.2 Å². The van der Waals surface area contributed by atoms with Crippen molar-refractivity contribution in [2.75, 3.05) is 18.7 Å². The molecule has 1 amide bonds. The van der Waals surface area contributed by atoms with Gasteiger partial charge in [0.1, 0.15) is 5.75 Å². The summed E-state index contributed by atoms with van der Waals surface area (Å²) in [7, 11) is 1.62. The average molecular weight is 378 g/mol. The standard InChI is InChI=1S/C18H27N5O2S/c1-4-5-6-7-13(2)20-16(24)12-26-18-22-21-17(23(18)19)14-8-10-15(25-3)11-9-14/h8-11,13H,4-7,12,19H2,1-3H3,(H,20,24)/t13-/m0/s1. The number of nitrogen functional groups attached to an aromatic ring is 1. The van der Waals surface area contributed by atoms with E-state index in [4.69, 9.17) is 10.6 Å². The Morgan fingerprint density at radius 2 is 2.04 bits per heavy atom. The first-order valence-electron chi connectivity index (χ1n) is 8.82. The van der Waals surface area contributed by atoms with Gasteiger partial charge in [-0.15, -0.1) is 10.2 Å². The number of hydrogen-bond acceptors (Lipinski definition) is 6. The first-order valence-corrected chi connectivity index (χ1v) is 9.80. The summed E-state index contributed by atoms with van der Waals surface area (Å²) in [5, 5.41) is 11.7. The van der Waals surface area contributed by atoms with Gasteiger partial charge in [-0.2, -0.15) is 0 Å². The van der Waals surface area contributed by atoms with Crippen LogP contribution in [0.5, 0.6) is 5.75 Å². The molecule has 8 heteroatoms. The van der Waals surface area contributed by atoms with Crippen LogP contribution >= 0.6 is 11.8 Å². The second kappa shape index (κ2) is 10.1. The first-order chi connectivity index (χ1) is 12.5. The lowest BCUT2D eigenvalue weighted by atomic mass is 10.1. The number of carbonyl (C=O) groups excluding carboxylic acids is 1. The van der Waals surface area contributed by atoms with Gasteiger partial charge < -0.3 is 15.9 Å². The van der Waals surface area contributed by atoms with E-state index in [2.05, 4.69) is 22.4 Å². The van der Waals surface area contributed by atoms with E-state index in [1.165, 1.54) is 29.3 Å². The number of benzene rings is 1. The van der Waals surface area contributed by atoms with Crippen LogP contribution in [0.3, 0.4) is 0 Å². The van der Waals surface area contributed by atoms with Crippen molar-refractivity contribution < 1.29 is 9.53 Å². The van der Waals surface area contributed by atoms with Crippen LogP contribution in [-0.4, -0.2) is 39.7 Å². The molecule has 2 rings (SSSR count). The van der Waals surface area contributed by atoms with Gasteiger partial charge in [0.2, 0.25) is 11.1 Å². The number of amides is 1. The van der Waals surface area contributed by atoms with Crippen molar-refractivity contribution in [2.45, 2.75) is 50.7 Å². The van der Waals surface area contributed by atoms with E-state index in [9.17, 15) is 4.79 Å². The van der Waals surface area contributed by atoms with Crippen molar-refractivity contribution in [1.82, 2.24) is 20.2 Å². The Bertz CT molecular complexity index is 702. The summed E-state index contributed by atoms with van der Waals surface area (Å²) >= 11 is 1.28. The van der Waals surface area contributed by atoms with Crippen molar-refractivity contribution >= 4 is 17.7 Å². The van der Waals surface area contributed by atoms with Gasteiger partial charge in [-0.25, -0.2) is 4.68 Å².